The van der Waals surface area contributed by atoms with Crippen LogP contribution in [0.15, 0.2) is 30.3 Å². The van der Waals surface area contributed by atoms with Crippen LogP contribution >= 0.6 is 0 Å². The molecule has 0 heterocycles. The smallest absolute Gasteiger partial charge is 0.408 e. The minimum Gasteiger partial charge on any atom is -0.444 e. The number of hydrogen-bond donors (Lipinski definition) is 3. The van der Waals surface area contributed by atoms with Crippen LogP contribution in [0, 0.1) is 0 Å². The molecule has 0 aliphatic heterocycles. The van der Waals surface area contributed by atoms with E-state index < -0.39 is 36.3 Å². The molecule has 1 aromatic carbocycles. The fourth-order valence-corrected chi connectivity index (χ4v) is 3.12. The number of rotatable bonds is 8. The molecule has 0 aromatic heterocycles. The summed E-state index contributed by atoms with van der Waals surface area (Å²) >= 11 is 0. The van der Waals surface area contributed by atoms with Crippen molar-refractivity contribution in [3.05, 3.63) is 35.9 Å². The van der Waals surface area contributed by atoms with Gasteiger partial charge in [0, 0.05) is 12.1 Å². The molecule has 1 aromatic rings. The number of nitrogens with zero attached hydrogens (tertiary/aromatic N) is 1. The fourth-order valence-electron chi connectivity index (χ4n) is 3.12. The van der Waals surface area contributed by atoms with Gasteiger partial charge in [-0.25, -0.2) is 4.79 Å². The van der Waals surface area contributed by atoms with Gasteiger partial charge in [0.25, 0.3) is 0 Å². The Morgan fingerprint density at radius 2 is 1.73 bits per heavy atom. The highest BCUT2D eigenvalue weighted by Crippen LogP contribution is 2.35. The zero-order chi connectivity index (χ0) is 22.5. The Morgan fingerprint density at radius 1 is 1.13 bits per heavy atom. The van der Waals surface area contributed by atoms with Gasteiger partial charge in [-0.1, -0.05) is 30.3 Å². The van der Waals surface area contributed by atoms with Crippen LogP contribution in [0.1, 0.15) is 59.1 Å². The van der Waals surface area contributed by atoms with Gasteiger partial charge in [-0.15, -0.1) is 0 Å². The third-order valence-electron chi connectivity index (χ3n) is 4.44. The summed E-state index contributed by atoms with van der Waals surface area (Å²) in [5.74, 6) is -0.816. The van der Waals surface area contributed by atoms with Gasteiger partial charge >= 0.3 is 6.09 Å². The molecule has 166 valence electrons. The number of carbonyl (C=O) groups is 3. The van der Waals surface area contributed by atoms with Crippen molar-refractivity contribution in [2.45, 2.75) is 77.2 Å². The van der Waals surface area contributed by atoms with Crippen LogP contribution in [0.5, 0.6) is 0 Å². The summed E-state index contributed by atoms with van der Waals surface area (Å²) in [6.07, 6.45) is 0.719. The lowest BCUT2D eigenvalue weighted by Gasteiger charge is -2.34. The molecule has 3 N–H and O–H groups in total. The molecule has 30 heavy (non-hydrogen) atoms. The van der Waals surface area contributed by atoms with E-state index in [4.69, 9.17) is 4.74 Å². The first kappa shape index (κ1) is 23.7. The number of aliphatic hydroxyl groups is 1. The second-order valence-corrected chi connectivity index (χ2v) is 8.83. The first-order chi connectivity index (χ1) is 14.0. The highest BCUT2D eigenvalue weighted by atomic mass is 16.6. The molecule has 1 aliphatic carbocycles. The Balaban J connectivity index is 2.32. The molecular weight excluding hydrogens is 386 g/mol. The average molecular weight is 420 g/mol. The lowest BCUT2D eigenvalue weighted by Crippen LogP contribution is -2.55. The predicted octanol–water partition coefficient (Wildman–Crippen LogP) is 2.13. The van der Waals surface area contributed by atoms with Crippen LogP contribution in [-0.4, -0.2) is 58.2 Å². The summed E-state index contributed by atoms with van der Waals surface area (Å²) in [7, 11) is 0. The maximum atomic E-state index is 13.4. The molecule has 1 saturated carbocycles. The summed E-state index contributed by atoms with van der Waals surface area (Å²) in [4.78, 5) is 40.1. The molecule has 0 radical (unpaired) electrons. The lowest BCUT2D eigenvalue weighted by molar-refractivity contribution is -0.144. The van der Waals surface area contributed by atoms with E-state index in [1.165, 1.54) is 4.90 Å². The molecule has 0 spiro atoms. The molecule has 3 amide bonds. The van der Waals surface area contributed by atoms with Crippen LogP contribution in [0.25, 0.3) is 0 Å². The highest BCUT2D eigenvalue weighted by molar-refractivity contribution is 5.92. The summed E-state index contributed by atoms with van der Waals surface area (Å²) in [5.41, 5.74) is -0.0719. The van der Waals surface area contributed by atoms with E-state index >= 15 is 0 Å². The molecule has 0 saturated heterocycles. The maximum absolute atomic E-state index is 13.4. The third-order valence-corrected chi connectivity index (χ3v) is 4.44. The minimum atomic E-state index is -1.21. The Hall–Kier alpha value is -2.61. The van der Waals surface area contributed by atoms with Crippen LogP contribution in [-0.2, 0) is 14.3 Å². The zero-order valence-corrected chi connectivity index (χ0v) is 18.3. The summed E-state index contributed by atoms with van der Waals surface area (Å²) in [6, 6.07) is 6.74. The molecule has 1 aliphatic rings. The van der Waals surface area contributed by atoms with Crippen molar-refractivity contribution in [3.63, 3.8) is 0 Å². The van der Waals surface area contributed by atoms with Gasteiger partial charge in [0.2, 0.25) is 11.8 Å². The van der Waals surface area contributed by atoms with E-state index in [0.717, 1.165) is 12.8 Å². The van der Waals surface area contributed by atoms with E-state index in [2.05, 4.69) is 10.6 Å². The van der Waals surface area contributed by atoms with Gasteiger partial charge in [0.1, 0.15) is 17.7 Å². The monoisotopic (exact) mass is 419 g/mol. The fraction of sp³-hybridized carbons (Fsp3) is 0.591. The van der Waals surface area contributed by atoms with Crippen molar-refractivity contribution < 1.29 is 24.2 Å². The van der Waals surface area contributed by atoms with E-state index in [9.17, 15) is 19.5 Å². The first-order valence-electron chi connectivity index (χ1n) is 10.3. The molecule has 2 unspecified atom stereocenters. The molecule has 8 nitrogen and oxygen atoms in total. The number of carbonyl (C=O) groups excluding carboxylic acids is 3. The number of nitrogens with one attached hydrogen (secondary N) is 2. The highest BCUT2D eigenvalue weighted by Gasteiger charge is 2.44. The zero-order valence-electron chi connectivity index (χ0n) is 18.3. The van der Waals surface area contributed by atoms with Crippen LogP contribution in [0.4, 0.5) is 4.79 Å². The first-order valence-corrected chi connectivity index (χ1v) is 10.3. The quantitative estimate of drug-likeness (QED) is 0.598. The Bertz CT molecular complexity index is 741. The number of hydrogen-bond acceptors (Lipinski definition) is 5. The van der Waals surface area contributed by atoms with Crippen LogP contribution < -0.4 is 10.6 Å². The molecule has 0 bridgehead atoms. The summed E-state index contributed by atoms with van der Waals surface area (Å²) in [6.45, 7) is 8.23. The normalized spacial score (nSPS) is 15.8. The van der Waals surface area contributed by atoms with Crippen LogP contribution in [0.2, 0.25) is 0 Å². The van der Waals surface area contributed by atoms with Gasteiger partial charge in [0.15, 0.2) is 0 Å². The Morgan fingerprint density at radius 3 is 2.20 bits per heavy atom. The van der Waals surface area contributed by atoms with E-state index in [1.807, 2.05) is 32.0 Å². The lowest BCUT2D eigenvalue weighted by atomic mass is 10.0. The number of benzene rings is 1. The largest absolute Gasteiger partial charge is 0.444 e. The third kappa shape index (κ3) is 6.73. The van der Waals surface area contributed by atoms with E-state index in [0.29, 0.717) is 5.56 Å². The molecule has 1 fully saturated rings. The Kier molecular flexibility index (Phi) is 7.83. The minimum absolute atomic E-state index is 0.103. The molecule has 2 rings (SSSR count). The second-order valence-electron chi connectivity index (χ2n) is 8.83. The maximum Gasteiger partial charge on any atom is 0.408 e. The average Bonchev–Trinajstić information content (AvgIpc) is 3.47. The number of ether oxygens (including phenoxy) is 1. The van der Waals surface area contributed by atoms with Gasteiger partial charge in [0.05, 0.1) is 6.61 Å². The molecule has 8 heteroatoms. The van der Waals surface area contributed by atoms with Crippen molar-refractivity contribution in [1.82, 2.24) is 15.5 Å². The van der Waals surface area contributed by atoms with Gasteiger partial charge in [-0.05, 0) is 53.0 Å². The van der Waals surface area contributed by atoms with Crippen LogP contribution in [0.3, 0.4) is 0 Å². The van der Waals surface area contributed by atoms with Crippen molar-refractivity contribution >= 4 is 17.9 Å². The summed E-state index contributed by atoms with van der Waals surface area (Å²) in [5, 5.41) is 15.1. The van der Waals surface area contributed by atoms with E-state index in [1.54, 1.807) is 32.9 Å². The van der Waals surface area contributed by atoms with Crippen molar-refractivity contribution in [2.75, 3.05) is 6.61 Å². The number of amides is 3. The second kappa shape index (κ2) is 9.93. The van der Waals surface area contributed by atoms with E-state index in [-0.39, 0.29) is 18.0 Å². The van der Waals surface area contributed by atoms with Crippen molar-refractivity contribution in [1.29, 1.82) is 0 Å². The Labute approximate surface area is 178 Å². The van der Waals surface area contributed by atoms with Gasteiger partial charge in [-0.2, -0.15) is 0 Å². The SMILES string of the molecule is CC(C)NC(=O)C(c1ccccc1)N(C(=O)C(CO)NC(=O)OC(C)(C)C)C1CC1. The standard InChI is InChI=1S/C22H33N3O5/c1-14(2)23-19(27)18(15-9-7-6-8-10-15)25(16-11-12-16)20(28)17(13-26)24-21(29)30-22(3,4)5/h6-10,14,16-18,26H,11-13H2,1-5H3,(H,23,27)(H,24,29). The topological polar surface area (TPSA) is 108 Å². The van der Waals surface area contributed by atoms with Crippen molar-refractivity contribution in [3.8, 4) is 0 Å². The molecule has 2 atom stereocenters. The van der Waals surface area contributed by atoms with Crippen molar-refractivity contribution in [2.24, 2.45) is 0 Å². The number of aliphatic hydroxyl groups excluding tert-OH is 1. The summed E-state index contributed by atoms with van der Waals surface area (Å²) < 4.78 is 5.21. The van der Waals surface area contributed by atoms with Gasteiger partial charge in [-0.3, -0.25) is 9.59 Å². The number of alkyl carbamates (subject to hydrolysis) is 1. The predicted molar refractivity (Wildman–Crippen MR) is 113 cm³/mol. The molecular formula is C22H33N3O5. The van der Waals surface area contributed by atoms with Gasteiger partial charge < -0.3 is 25.4 Å².